The molecule has 20 heavy (non-hydrogen) atoms. The Bertz CT molecular complexity index is 496. The van der Waals surface area contributed by atoms with Gasteiger partial charge >= 0.3 is 5.97 Å². The van der Waals surface area contributed by atoms with Gasteiger partial charge in [0.25, 0.3) is 0 Å². The highest BCUT2D eigenvalue weighted by molar-refractivity contribution is 5.92. The number of amides is 1. The zero-order valence-corrected chi connectivity index (χ0v) is 11.7. The highest BCUT2D eigenvalue weighted by Gasteiger charge is 2.09. The average Bonchev–Trinajstić information content (AvgIpc) is 2.45. The summed E-state index contributed by atoms with van der Waals surface area (Å²) in [5, 5.41) is 8.64. The number of carboxylic acid groups (broad SMARTS) is 1. The molecule has 0 saturated heterocycles. The van der Waals surface area contributed by atoms with Crippen molar-refractivity contribution >= 4 is 18.0 Å². The minimum absolute atomic E-state index is 0.0490. The molecule has 0 aromatic heterocycles. The van der Waals surface area contributed by atoms with Crippen molar-refractivity contribution in [1.82, 2.24) is 4.90 Å². The molecule has 1 rings (SSSR count). The molecular formula is C15H19NO4. The third-order valence-electron chi connectivity index (χ3n) is 2.80. The van der Waals surface area contributed by atoms with E-state index in [4.69, 9.17) is 9.84 Å². The molecule has 5 nitrogen and oxygen atoms in total. The lowest BCUT2D eigenvalue weighted by Crippen LogP contribution is -2.31. The zero-order chi connectivity index (χ0) is 15.0. The van der Waals surface area contributed by atoms with E-state index in [0.29, 0.717) is 6.54 Å². The summed E-state index contributed by atoms with van der Waals surface area (Å²) in [6.07, 6.45) is 3.08. The second-order valence-electron chi connectivity index (χ2n) is 4.17. The third-order valence-corrected chi connectivity index (χ3v) is 2.80. The summed E-state index contributed by atoms with van der Waals surface area (Å²) in [4.78, 5) is 23.9. The van der Waals surface area contributed by atoms with Crippen LogP contribution in [0.3, 0.4) is 0 Å². The maximum absolute atomic E-state index is 11.9. The molecule has 1 N–H and O–H groups in total. The van der Waals surface area contributed by atoms with Crippen molar-refractivity contribution < 1.29 is 19.4 Å². The molecule has 1 aromatic carbocycles. The van der Waals surface area contributed by atoms with Crippen LogP contribution in [0.4, 0.5) is 0 Å². The molecule has 0 saturated carbocycles. The van der Waals surface area contributed by atoms with Gasteiger partial charge in [-0.2, -0.15) is 0 Å². The van der Waals surface area contributed by atoms with Crippen LogP contribution in [0.15, 0.2) is 30.3 Å². The van der Waals surface area contributed by atoms with Crippen molar-refractivity contribution in [1.29, 1.82) is 0 Å². The van der Waals surface area contributed by atoms with E-state index in [1.54, 1.807) is 13.2 Å². The largest absolute Gasteiger partial charge is 0.497 e. The van der Waals surface area contributed by atoms with Crippen LogP contribution in [0.2, 0.25) is 0 Å². The van der Waals surface area contributed by atoms with Crippen LogP contribution in [-0.4, -0.2) is 42.1 Å². The van der Waals surface area contributed by atoms with E-state index in [1.807, 2.05) is 31.2 Å². The number of benzene rings is 1. The molecule has 0 spiro atoms. The lowest BCUT2D eigenvalue weighted by molar-refractivity contribution is -0.137. The van der Waals surface area contributed by atoms with Gasteiger partial charge in [-0.05, 0) is 30.7 Å². The predicted molar refractivity (Wildman–Crippen MR) is 76.5 cm³/mol. The van der Waals surface area contributed by atoms with Gasteiger partial charge in [-0.3, -0.25) is 9.59 Å². The second kappa shape index (κ2) is 7.99. The number of rotatable bonds is 7. The molecule has 5 heteroatoms. The average molecular weight is 277 g/mol. The Balaban J connectivity index is 2.66. The minimum atomic E-state index is -0.909. The Kier molecular flexibility index (Phi) is 6.29. The lowest BCUT2D eigenvalue weighted by atomic mass is 10.2. The van der Waals surface area contributed by atoms with Crippen molar-refractivity contribution in [3.05, 3.63) is 35.9 Å². The molecule has 0 bridgehead atoms. The summed E-state index contributed by atoms with van der Waals surface area (Å²) >= 11 is 0. The van der Waals surface area contributed by atoms with E-state index in [2.05, 4.69) is 0 Å². The number of carboxylic acids is 1. The summed E-state index contributed by atoms with van der Waals surface area (Å²) in [6, 6.07) is 7.34. The normalized spacial score (nSPS) is 10.5. The zero-order valence-electron chi connectivity index (χ0n) is 11.7. The molecule has 1 amide bonds. The SMILES string of the molecule is CCN(CCC(=O)O)C(=O)/C=C/c1cccc(OC)c1. The first-order valence-corrected chi connectivity index (χ1v) is 6.39. The van der Waals surface area contributed by atoms with Gasteiger partial charge in [-0.1, -0.05) is 12.1 Å². The molecule has 0 aliphatic carbocycles. The summed E-state index contributed by atoms with van der Waals surface area (Å²) < 4.78 is 5.10. The van der Waals surface area contributed by atoms with Crippen LogP contribution >= 0.6 is 0 Å². The number of carbonyl (C=O) groups excluding carboxylic acids is 1. The summed E-state index contributed by atoms with van der Waals surface area (Å²) in [6.45, 7) is 2.51. The van der Waals surface area contributed by atoms with Crippen LogP contribution in [0.1, 0.15) is 18.9 Å². The van der Waals surface area contributed by atoms with E-state index >= 15 is 0 Å². The fraction of sp³-hybridized carbons (Fsp3) is 0.333. The van der Waals surface area contributed by atoms with Crippen LogP contribution in [0, 0.1) is 0 Å². The third kappa shape index (κ3) is 5.14. The number of nitrogens with zero attached hydrogens (tertiary/aromatic N) is 1. The Morgan fingerprint density at radius 2 is 2.15 bits per heavy atom. The molecule has 0 aliphatic heterocycles. The molecule has 108 valence electrons. The van der Waals surface area contributed by atoms with E-state index in [9.17, 15) is 9.59 Å². The fourth-order valence-corrected chi connectivity index (χ4v) is 1.67. The fourth-order valence-electron chi connectivity index (χ4n) is 1.67. The number of aliphatic carboxylic acids is 1. The molecule has 0 radical (unpaired) electrons. The maximum Gasteiger partial charge on any atom is 0.305 e. The minimum Gasteiger partial charge on any atom is -0.497 e. The van der Waals surface area contributed by atoms with Crippen molar-refractivity contribution in [3.63, 3.8) is 0 Å². The molecule has 0 unspecified atom stereocenters. The van der Waals surface area contributed by atoms with E-state index < -0.39 is 5.97 Å². The van der Waals surface area contributed by atoms with Gasteiger partial charge < -0.3 is 14.7 Å². The van der Waals surface area contributed by atoms with Crippen molar-refractivity contribution in [2.45, 2.75) is 13.3 Å². The van der Waals surface area contributed by atoms with Crippen molar-refractivity contribution in [2.24, 2.45) is 0 Å². The monoisotopic (exact) mass is 277 g/mol. The van der Waals surface area contributed by atoms with E-state index in [0.717, 1.165) is 11.3 Å². The Labute approximate surface area is 118 Å². The number of likely N-dealkylation sites (N-methyl/N-ethyl adjacent to an activating group) is 1. The maximum atomic E-state index is 11.9. The van der Waals surface area contributed by atoms with Gasteiger partial charge in [-0.15, -0.1) is 0 Å². The number of hydrogen-bond donors (Lipinski definition) is 1. The first kappa shape index (κ1) is 15.8. The first-order chi connectivity index (χ1) is 9.56. The van der Waals surface area contributed by atoms with Gasteiger partial charge in [0, 0.05) is 19.2 Å². The summed E-state index contributed by atoms with van der Waals surface area (Å²) in [5.41, 5.74) is 0.854. The molecule has 1 aromatic rings. The summed E-state index contributed by atoms with van der Waals surface area (Å²) in [5.74, 6) is -0.387. The molecular weight excluding hydrogens is 258 g/mol. The molecule has 0 fully saturated rings. The highest BCUT2D eigenvalue weighted by atomic mass is 16.5. The lowest BCUT2D eigenvalue weighted by Gasteiger charge is -2.17. The first-order valence-electron chi connectivity index (χ1n) is 6.39. The van der Waals surface area contributed by atoms with E-state index in [1.165, 1.54) is 11.0 Å². The van der Waals surface area contributed by atoms with Gasteiger partial charge in [0.15, 0.2) is 0 Å². The Morgan fingerprint density at radius 1 is 1.40 bits per heavy atom. The van der Waals surface area contributed by atoms with Gasteiger partial charge in [0.05, 0.1) is 13.5 Å². The van der Waals surface area contributed by atoms with Crippen molar-refractivity contribution in [2.75, 3.05) is 20.2 Å². The topological polar surface area (TPSA) is 66.8 Å². The van der Waals surface area contributed by atoms with Crippen molar-refractivity contribution in [3.8, 4) is 5.75 Å². The van der Waals surface area contributed by atoms with Crippen LogP contribution in [0.25, 0.3) is 6.08 Å². The predicted octanol–water partition coefficient (Wildman–Crippen LogP) is 2.03. The molecule has 0 aliphatic rings. The van der Waals surface area contributed by atoms with Gasteiger partial charge in [0.2, 0.25) is 5.91 Å². The van der Waals surface area contributed by atoms with E-state index in [-0.39, 0.29) is 18.9 Å². The Hall–Kier alpha value is -2.30. The standard InChI is InChI=1S/C15H19NO4/c1-3-16(10-9-15(18)19)14(17)8-7-12-5-4-6-13(11-12)20-2/h4-8,11H,3,9-10H2,1-2H3,(H,18,19)/b8-7+. The highest BCUT2D eigenvalue weighted by Crippen LogP contribution is 2.13. The number of carbonyl (C=O) groups is 2. The smallest absolute Gasteiger partial charge is 0.305 e. The molecule has 0 heterocycles. The Morgan fingerprint density at radius 3 is 2.75 bits per heavy atom. The summed E-state index contributed by atoms with van der Waals surface area (Å²) in [7, 11) is 1.58. The molecule has 0 atom stereocenters. The number of hydrogen-bond acceptors (Lipinski definition) is 3. The second-order valence-corrected chi connectivity index (χ2v) is 4.17. The number of ether oxygens (including phenoxy) is 1. The van der Waals surface area contributed by atoms with Crippen LogP contribution < -0.4 is 4.74 Å². The quantitative estimate of drug-likeness (QED) is 0.774. The van der Waals surface area contributed by atoms with Gasteiger partial charge in [-0.25, -0.2) is 0 Å². The van der Waals surface area contributed by atoms with Crippen LogP contribution in [0.5, 0.6) is 5.75 Å². The van der Waals surface area contributed by atoms with Crippen LogP contribution in [-0.2, 0) is 9.59 Å². The van der Waals surface area contributed by atoms with Gasteiger partial charge in [0.1, 0.15) is 5.75 Å². The number of methoxy groups -OCH3 is 1.